The van der Waals surface area contributed by atoms with Crippen LogP contribution in [0.3, 0.4) is 0 Å². The van der Waals surface area contributed by atoms with Gasteiger partial charge in [0.05, 0.1) is 7.11 Å². The van der Waals surface area contributed by atoms with Crippen molar-refractivity contribution in [3.05, 3.63) is 65.9 Å². The van der Waals surface area contributed by atoms with Gasteiger partial charge in [-0.15, -0.1) is 0 Å². The molecule has 0 spiro atoms. The molecule has 4 nitrogen and oxygen atoms in total. The van der Waals surface area contributed by atoms with Gasteiger partial charge < -0.3 is 14.6 Å². The molecule has 0 radical (unpaired) electrons. The van der Waals surface area contributed by atoms with Crippen molar-refractivity contribution in [1.82, 2.24) is 9.88 Å². The van der Waals surface area contributed by atoms with Crippen LogP contribution >= 0.6 is 0 Å². The van der Waals surface area contributed by atoms with E-state index in [2.05, 4.69) is 60.4 Å². The van der Waals surface area contributed by atoms with Crippen LogP contribution < -0.4 is 10.1 Å². The van der Waals surface area contributed by atoms with E-state index in [1.165, 1.54) is 16.5 Å². The summed E-state index contributed by atoms with van der Waals surface area (Å²) in [5.41, 5.74) is 3.47. The van der Waals surface area contributed by atoms with E-state index in [1.807, 2.05) is 25.1 Å². The topological polar surface area (TPSA) is 43.3 Å². The van der Waals surface area contributed by atoms with Gasteiger partial charge in [-0.1, -0.05) is 37.3 Å². The average Bonchev–Trinajstić information content (AvgIpc) is 3.03. The maximum Gasteiger partial charge on any atom is 0.221 e. The van der Waals surface area contributed by atoms with Crippen molar-refractivity contribution in [2.24, 2.45) is 7.05 Å². The van der Waals surface area contributed by atoms with Crippen LogP contribution in [0.2, 0.25) is 0 Å². The number of rotatable bonds is 7. The summed E-state index contributed by atoms with van der Waals surface area (Å²) < 4.78 is 7.43. The molecule has 0 saturated heterocycles. The average molecular weight is 364 g/mol. The molecule has 0 aliphatic rings. The number of ether oxygens (including phenoxy) is 1. The number of nitrogens with one attached hydrogen (secondary N) is 1. The number of nitrogens with zero attached hydrogens (tertiary/aromatic N) is 1. The Labute approximate surface area is 161 Å². The van der Waals surface area contributed by atoms with Crippen LogP contribution in [0.1, 0.15) is 43.7 Å². The second kappa shape index (κ2) is 8.30. The first-order chi connectivity index (χ1) is 13.0. The van der Waals surface area contributed by atoms with Gasteiger partial charge in [0.15, 0.2) is 0 Å². The van der Waals surface area contributed by atoms with Crippen molar-refractivity contribution in [3.8, 4) is 5.75 Å². The van der Waals surface area contributed by atoms with E-state index in [0.29, 0.717) is 6.42 Å². The molecule has 3 rings (SSSR count). The summed E-state index contributed by atoms with van der Waals surface area (Å²) in [6, 6.07) is 16.6. The van der Waals surface area contributed by atoms with Crippen molar-refractivity contribution in [2.75, 3.05) is 7.11 Å². The van der Waals surface area contributed by atoms with Crippen LogP contribution in [0.4, 0.5) is 0 Å². The van der Waals surface area contributed by atoms with Crippen LogP contribution in [0.5, 0.6) is 5.75 Å². The number of carbonyl (C=O) groups is 1. The van der Waals surface area contributed by atoms with Gasteiger partial charge in [-0.25, -0.2) is 0 Å². The number of aromatic nitrogens is 1. The molecule has 4 heteroatoms. The second-order valence-electron chi connectivity index (χ2n) is 7.12. The summed E-state index contributed by atoms with van der Waals surface area (Å²) in [4.78, 5) is 12.7. The summed E-state index contributed by atoms with van der Waals surface area (Å²) in [6.07, 6.45) is 3.49. The smallest absolute Gasteiger partial charge is 0.221 e. The number of hydrogen-bond donors (Lipinski definition) is 1. The highest BCUT2D eigenvalue weighted by Gasteiger charge is 2.22. The molecule has 27 heavy (non-hydrogen) atoms. The zero-order valence-electron chi connectivity index (χ0n) is 16.5. The highest BCUT2D eigenvalue weighted by atomic mass is 16.5. The van der Waals surface area contributed by atoms with E-state index < -0.39 is 0 Å². The maximum absolute atomic E-state index is 12.7. The minimum Gasteiger partial charge on any atom is -0.497 e. The molecule has 1 aromatic heterocycles. The van der Waals surface area contributed by atoms with Gasteiger partial charge in [-0.3, -0.25) is 4.79 Å². The summed E-state index contributed by atoms with van der Waals surface area (Å²) in [5.74, 6) is 0.892. The third-order valence-electron chi connectivity index (χ3n) is 5.23. The first kappa shape index (κ1) is 19.0. The lowest BCUT2D eigenvalue weighted by molar-refractivity contribution is -0.121. The van der Waals surface area contributed by atoms with Crippen LogP contribution in [0, 0.1) is 0 Å². The summed E-state index contributed by atoms with van der Waals surface area (Å²) in [7, 11) is 3.72. The summed E-state index contributed by atoms with van der Waals surface area (Å²) >= 11 is 0. The minimum atomic E-state index is -0.00828. The monoisotopic (exact) mass is 364 g/mol. The van der Waals surface area contributed by atoms with E-state index in [4.69, 9.17) is 4.74 Å². The van der Waals surface area contributed by atoms with Gasteiger partial charge in [-0.2, -0.15) is 0 Å². The van der Waals surface area contributed by atoms with Crippen LogP contribution in [0.15, 0.2) is 54.7 Å². The number of carbonyl (C=O) groups excluding carboxylic acids is 1. The van der Waals surface area contributed by atoms with Crippen LogP contribution in [0.25, 0.3) is 10.9 Å². The number of para-hydroxylation sites is 1. The van der Waals surface area contributed by atoms with Gasteiger partial charge in [0, 0.05) is 42.5 Å². The number of aryl methyl sites for hydroxylation is 1. The van der Waals surface area contributed by atoms with Gasteiger partial charge in [0.2, 0.25) is 5.91 Å². The molecule has 0 aliphatic carbocycles. The molecule has 2 atom stereocenters. The van der Waals surface area contributed by atoms with Crippen molar-refractivity contribution >= 4 is 16.8 Å². The predicted octanol–water partition coefficient (Wildman–Crippen LogP) is 4.62. The quantitative estimate of drug-likeness (QED) is 0.664. The van der Waals surface area contributed by atoms with Crippen molar-refractivity contribution < 1.29 is 9.53 Å². The summed E-state index contributed by atoms with van der Waals surface area (Å²) in [6.45, 7) is 4.12. The normalized spacial score (nSPS) is 13.3. The lowest BCUT2D eigenvalue weighted by Gasteiger charge is -2.19. The zero-order chi connectivity index (χ0) is 19.4. The highest BCUT2D eigenvalue weighted by Crippen LogP contribution is 2.35. The molecule has 0 saturated carbocycles. The van der Waals surface area contributed by atoms with Crippen LogP contribution in [-0.2, 0) is 11.8 Å². The molecule has 3 aromatic rings. The Kier molecular flexibility index (Phi) is 5.84. The van der Waals surface area contributed by atoms with Gasteiger partial charge in [-0.05, 0) is 42.7 Å². The largest absolute Gasteiger partial charge is 0.497 e. The third-order valence-corrected chi connectivity index (χ3v) is 5.23. The number of fused-ring (bicyclic) bond motifs is 1. The van der Waals surface area contributed by atoms with Gasteiger partial charge in [0.1, 0.15) is 5.75 Å². The maximum atomic E-state index is 12.7. The number of hydrogen-bond acceptors (Lipinski definition) is 2. The van der Waals surface area contributed by atoms with E-state index in [0.717, 1.165) is 17.7 Å². The fraction of sp³-hybridized carbons (Fsp3) is 0.348. The predicted molar refractivity (Wildman–Crippen MR) is 110 cm³/mol. The Bertz CT molecular complexity index is 912. The molecule has 1 N–H and O–H groups in total. The molecular formula is C23H28N2O2. The number of benzene rings is 2. The molecule has 0 fully saturated rings. The highest BCUT2D eigenvalue weighted by molar-refractivity contribution is 5.86. The zero-order valence-corrected chi connectivity index (χ0v) is 16.5. The van der Waals surface area contributed by atoms with Crippen molar-refractivity contribution in [1.29, 1.82) is 0 Å². The fourth-order valence-corrected chi connectivity index (χ4v) is 3.52. The molecule has 1 heterocycles. The van der Waals surface area contributed by atoms with E-state index in [9.17, 15) is 4.79 Å². The molecule has 142 valence electrons. The Balaban J connectivity index is 2.01. The lowest BCUT2D eigenvalue weighted by Crippen LogP contribution is -2.33. The molecule has 1 amide bonds. The van der Waals surface area contributed by atoms with Gasteiger partial charge in [0.25, 0.3) is 0 Å². The molecule has 0 bridgehead atoms. The Hall–Kier alpha value is -2.75. The molecule has 2 aromatic carbocycles. The molecular weight excluding hydrogens is 336 g/mol. The van der Waals surface area contributed by atoms with Gasteiger partial charge >= 0.3 is 0 Å². The van der Waals surface area contributed by atoms with Crippen molar-refractivity contribution in [2.45, 2.75) is 38.6 Å². The van der Waals surface area contributed by atoms with Crippen molar-refractivity contribution in [3.63, 3.8) is 0 Å². The summed E-state index contributed by atoms with van der Waals surface area (Å²) in [5, 5.41) is 4.30. The standard InChI is InChI=1S/C23H28N2O2/c1-5-16(2)24-23(26)14-20(17-10-12-18(27-4)13-11-17)21-15-25(3)22-9-7-6-8-19(21)22/h6-13,15-16,20H,5,14H2,1-4H3,(H,24,26)/t16-,20-/m0/s1. The third kappa shape index (κ3) is 4.16. The second-order valence-corrected chi connectivity index (χ2v) is 7.12. The van der Waals surface area contributed by atoms with Crippen LogP contribution in [-0.4, -0.2) is 23.6 Å². The molecule has 0 unspecified atom stereocenters. The Morgan fingerprint density at radius 3 is 2.52 bits per heavy atom. The van der Waals surface area contributed by atoms with E-state index in [1.54, 1.807) is 7.11 Å². The number of methoxy groups -OCH3 is 1. The van der Waals surface area contributed by atoms with E-state index >= 15 is 0 Å². The SMILES string of the molecule is CC[C@H](C)NC(=O)C[C@@H](c1ccc(OC)cc1)c1cn(C)c2ccccc12. The molecule has 0 aliphatic heterocycles. The fourth-order valence-electron chi connectivity index (χ4n) is 3.52. The minimum absolute atomic E-state index is 0.00828. The lowest BCUT2D eigenvalue weighted by atomic mass is 9.88. The Morgan fingerprint density at radius 2 is 1.85 bits per heavy atom. The first-order valence-electron chi connectivity index (χ1n) is 9.50. The number of amides is 1. The Morgan fingerprint density at radius 1 is 1.15 bits per heavy atom. The van der Waals surface area contributed by atoms with E-state index in [-0.39, 0.29) is 17.9 Å². The first-order valence-corrected chi connectivity index (χ1v) is 9.50.